The molecule has 0 bridgehead atoms. The summed E-state index contributed by atoms with van der Waals surface area (Å²) in [5.41, 5.74) is 1.08. The van der Waals surface area contributed by atoms with Crippen molar-refractivity contribution in [2.24, 2.45) is 0 Å². The van der Waals surface area contributed by atoms with Gasteiger partial charge in [0, 0.05) is 13.0 Å². The quantitative estimate of drug-likeness (QED) is 0.836. The van der Waals surface area contributed by atoms with E-state index in [9.17, 15) is 9.18 Å². The van der Waals surface area contributed by atoms with Crippen LogP contribution in [0.1, 0.15) is 50.6 Å². The van der Waals surface area contributed by atoms with Gasteiger partial charge >= 0.3 is 0 Å². The van der Waals surface area contributed by atoms with Gasteiger partial charge in [-0.3, -0.25) is 9.69 Å². The highest BCUT2D eigenvalue weighted by atomic mass is 19.1. The number of nitrogens with one attached hydrogen (secondary N) is 1. The standard InChI is InChI=1S/C17H25FN2O/c1-2-3-6-17(21)19-13-16(20-11-4-5-12-20)14-7-9-15(18)10-8-14/h7-10,16H,2-6,11-13H2,1H3,(H,19,21). The van der Waals surface area contributed by atoms with Crippen molar-refractivity contribution in [3.63, 3.8) is 0 Å². The van der Waals surface area contributed by atoms with E-state index < -0.39 is 0 Å². The third-order valence-corrected chi connectivity index (χ3v) is 4.09. The van der Waals surface area contributed by atoms with Gasteiger partial charge in [0.15, 0.2) is 0 Å². The monoisotopic (exact) mass is 292 g/mol. The van der Waals surface area contributed by atoms with Gasteiger partial charge in [-0.1, -0.05) is 25.5 Å². The molecule has 1 unspecified atom stereocenters. The second-order valence-corrected chi connectivity index (χ2v) is 5.72. The summed E-state index contributed by atoms with van der Waals surface area (Å²) in [6.45, 7) is 4.78. The van der Waals surface area contributed by atoms with Crippen LogP contribution in [0.5, 0.6) is 0 Å². The maximum Gasteiger partial charge on any atom is 0.220 e. The van der Waals surface area contributed by atoms with Crippen LogP contribution in [0.4, 0.5) is 4.39 Å². The van der Waals surface area contributed by atoms with Crippen LogP contribution < -0.4 is 5.32 Å². The Bertz CT molecular complexity index is 441. The first-order valence-corrected chi connectivity index (χ1v) is 7.97. The van der Waals surface area contributed by atoms with Crippen LogP contribution in [0.15, 0.2) is 24.3 Å². The highest BCUT2D eigenvalue weighted by Crippen LogP contribution is 2.24. The zero-order chi connectivity index (χ0) is 15.1. The number of benzene rings is 1. The molecule has 21 heavy (non-hydrogen) atoms. The van der Waals surface area contributed by atoms with E-state index in [4.69, 9.17) is 0 Å². The fourth-order valence-electron chi connectivity index (χ4n) is 2.83. The van der Waals surface area contributed by atoms with Crippen LogP contribution in [0.25, 0.3) is 0 Å². The lowest BCUT2D eigenvalue weighted by Gasteiger charge is -2.28. The van der Waals surface area contributed by atoms with E-state index in [2.05, 4.69) is 17.1 Å². The largest absolute Gasteiger partial charge is 0.354 e. The topological polar surface area (TPSA) is 32.3 Å². The zero-order valence-corrected chi connectivity index (χ0v) is 12.8. The first kappa shape index (κ1) is 16.0. The van der Waals surface area contributed by atoms with Crippen LogP contribution in [-0.4, -0.2) is 30.4 Å². The fraction of sp³-hybridized carbons (Fsp3) is 0.588. The Hall–Kier alpha value is -1.42. The van der Waals surface area contributed by atoms with Crippen molar-refractivity contribution in [1.82, 2.24) is 10.2 Å². The molecular weight excluding hydrogens is 267 g/mol. The Labute approximate surface area is 126 Å². The van der Waals surface area contributed by atoms with Crippen molar-refractivity contribution in [3.8, 4) is 0 Å². The minimum atomic E-state index is -0.217. The average molecular weight is 292 g/mol. The lowest BCUT2D eigenvalue weighted by Crippen LogP contribution is -2.36. The molecule has 1 aromatic carbocycles. The first-order valence-electron chi connectivity index (χ1n) is 7.97. The number of hydrogen-bond acceptors (Lipinski definition) is 2. The Morgan fingerprint density at radius 3 is 2.57 bits per heavy atom. The van der Waals surface area contributed by atoms with E-state index in [0.29, 0.717) is 13.0 Å². The molecule has 0 radical (unpaired) electrons. The molecule has 116 valence electrons. The highest BCUT2D eigenvalue weighted by Gasteiger charge is 2.23. The van der Waals surface area contributed by atoms with Gasteiger partial charge in [0.1, 0.15) is 5.82 Å². The number of likely N-dealkylation sites (tertiary alicyclic amines) is 1. The number of rotatable bonds is 7. The number of nitrogens with zero attached hydrogens (tertiary/aromatic N) is 1. The Balaban J connectivity index is 1.98. The van der Waals surface area contributed by atoms with Gasteiger partial charge in [-0.15, -0.1) is 0 Å². The zero-order valence-electron chi connectivity index (χ0n) is 12.8. The highest BCUT2D eigenvalue weighted by molar-refractivity contribution is 5.75. The molecule has 0 aromatic heterocycles. The Morgan fingerprint density at radius 2 is 1.95 bits per heavy atom. The van der Waals surface area contributed by atoms with Crippen LogP contribution in [0, 0.1) is 5.82 Å². The van der Waals surface area contributed by atoms with Crippen molar-refractivity contribution >= 4 is 5.91 Å². The molecular formula is C17H25FN2O. The number of hydrogen-bond donors (Lipinski definition) is 1. The van der Waals surface area contributed by atoms with E-state index in [-0.39, 0.29) is 17.8 Å². The molecule has 0 saturated carbocycles. The smallest absolute Gasteiger partial charge is 0.220 e. The van der Waals surface area contributed by atoms with Crippen molar-refractivity contribution in [2.75, 3.05) is 19.6 Å². The van der Waals surface area contributed by atoms with E-state index in [0.717, 1.165) is 31.5 Å². The SMILES string of the molecule is CCCCC(=O)NCC(c1ccc(F)cc1)N1CCCC1. The molecule has 2 rings (SSSR count). The summed E-state index contributed by atoms with van der Waals surface area (Å²) >= 11 is 0. The van der Waals surface area contributed by atoms with Crippen LogP contribution in [-0.2, 0) is 4.79 Å². The molecule has 1 aromatic rings. The van der Waals surface area contributed by atoms with Crippen LogP contribution in [0.3, 0.4) is 0 Å². The number of carbonyl (C=O) groups is 1. The lowest BCUT2D eigenvalue weighted by molar-refractivity contribution is -0.121. The molecule has 4 heteroatoms. The minimum absolute atomic E-state index is 0.114. The van der Waals surface area contributed by atoms with E-state index >= 15 is 0 Å². The maximum atomic E-state index is 13.1. The van der Waals surface area contributed by atoms with Crippen LogP contribution >= 0.6 is 0 Å². The van der Waals surface area contributed by atoms with Gasteiger partial charge < -0.3 is 5.32 Å². The number of unbranched alkanes of at least 4 members (excludes halogenated alkanes) is 1. The Kier molecular flexibility index (Phi) is 6.18. The maximum absolute atomic E-state index is 13.1. The third-order valence-electron chi connectivity index (χ3n) is 4.09. The van der Waals surface area contributed by atoms with Gasteiger partial charge in [0.2, 0.25) is 5.91 Å². The average Bonchev–Trinajstić information content (AvgIpc) is 3.01. The van der Waals surface area contributed by atoms with Gasteiger partial charge in [-0.05, 0) is 50.0 Å². The Morgan fingerprint density at radius 1 is 1.29 bits per heavy atom. The van der Waals surface area contributed by atoms with Crippen LogP contribution in [0.2, 0.25) is 0 Å². The van der Waals surface area contributed by atoms with E-state index in [1.165, 1.54) is 25.0 Å². The molecule has 1 aliphatic heterocycles. The summed E-state index contributed by atoms with van der Waals surface area (Å²) in [6.07, 6.45) is 4.94. The lowest BCUT2D eigenvalue weighted by atomic mass is 10.1. The summed E-state index contributed by atoms with van der Waals surface area (Å²) in [7, 11) is 0. The molecule has 1 fully saturated rings. The molecule has 1 amide bonds. The van der Waals surface area contributed by atoms with Gasteiger partial charge in [0.05, 0.1) is 6.04 Å². The summed E-state index contributed by atoms with van der Waals surface area (Å²) in [6, 6.07) is 6.81. The minimum Gasteiger partial charge on any atom is -0.354 e. The molecule has 1 heterocycles. The van der Waals surface area contributed by atoms with Gasteiger partial charge in [-0.2, -0.15) is 0 Å². The van der Waals surface area contributed by atoms with Crippen molar-refractivity contribution in [1.29, 1.82) is 0 Å². The number of carbonyl (C=O) groups excluding carboxylic acids is 1. The summed E-state index contributed by atoms with van der Waals surface area (Å²) < 4.78 is 13.1. The molecule has 1 N–H and O–H groups in total. The van der Waals surface area contributed by atoms with Crippen molar-refractivity contribution in [2.45, 2.75) is 45.1 Å². The molecule has 1 atom stereocenters. The summed E-state index contributed by atoms with van der Waals surface area (Å²) in [5.74, 6) is -0.103. The normalized spacial score (nSPS) is 16.9. The predicted molar refractivity (Wildman–Crippen MR) is 82.5 cm³/mol. The third kappa shape index (κ3) is 4.81. The molecule has 0 spiro atoms. The van der Waals surface area contributed by atoms with E-state index in [1.807, 2.05) is 12.1 Å². The van der Waals surface area contributed by atoms with E-state index in [1.54, 1.807) is 0 Å². The predicted octanol–water partition coefficient (Wildman–Crippen LogP) is 3.27. The van der Waals surface area contributed by atoms with Crippen molar-refractivity contribution < 1.29 is 9.18 Å². The van der Waals surface area contributed by atoms with Gasteiger partial charge in [0.25, 0.3) is 0 Å². The van der Waals surface area contributed by atoms with Gasteiger partial charge in [-0.25, -0.2) is 4.39 Å². The number of halogens is 1. The summed E-state index contributed by atoms with van der Waals surface area (Å²) in [4.78, 5) is 14.2. The first-order chi connectivity index (χ1) is 10.2. The second kappa shape index (κ2) is 8.13. The number of amides is 1. The molecule has 3 nitrogen and oxygen atoms in total. The van der Waals surface area contributed by atoms with Crippen molar-refractivity contribution in [3.05, 3.63) is 35.6 Å². The fourth-order valence-corrected chi connectivity index (χ4v) is 2.83. The molecule has 0 aliphatic carbocycles. The molecule has 1 aliphatic rings. The molecule has 1 saturated heterocycles. The summed E-state index contributed by atoms with van der Waals surface area (Å²) in [5, 5.41) is 3.03. The second-order valence-electron chi connectivity index (χ2n) is 5.72.